The maximum Gasteiger partial charge on any atom is 0.305 e. The largest absolute Gasteiger partial charge is 0.497 e. The average molecular weight is 267 g/mol. The summed E-state index contributed by atoms with van der Waals surface area (Å²) in [5, 5.41) is 9.27. The topological polar surface area (TPSA) is 49.8 Å². The van der Waals surface area contributed by atoms with Crippen LogP contribution in [0, 0.1) is 0 Å². The van der Waals surface area contributed by atoms with E-state index in [1.165, 1.54) is 4.90 Å². The second-order valence-corrected chi connectivity index (χ2v) is 5.83. The van der Waals surface area contributed by atoms with Crippen LogP contribution >= 0.6 is 11.8 Å². The summed E-state index contributed by atoms with van der Waals surface area (Å²) >= 11 is 1.82. The van der Waals surface area contributed by atoms with Crippen LogP contribution < -0.4 is 9.64 Å². The minimum atomic E-state index is -0.759. The van der Waals surface area contributed by atoms with Crippen LogP contribution in [0.2, 0.25) is 0 Å². The molecule has 0 amide bonds. The van der Waals surface area contributed by atoms with Gasteiger partial charge in [0.2, 0.25) is 0 Å². The Morgan fingerprint density at radius 1 is 1.61 bits per heavy atom. The molecule has 0 fully saturated rings. The van der Waals surface area contributed by atoms with E-state index in [4.69, 9.17) is 9.84 Å². The third kappa shape index (κ3) is 2.90. The van der Waals surface area contributed by atoms with Crippen LogP contribution in [0.3, 0.4) is 0 Å². The van der Waals surface area contributed by atoms with Crippen molar-refractivity contribution in [2.45, 2.75) is 23.5 Å². The number of ether oxygens (including phenoxy) is 1. The number of carboxylic acid groups (broad SMARTS) is 1. The number of benzene rings is 1. The minimum absolute atomic E-state index is 0.161. The lowest BCUT2D eigenvalue weighted by Crippen LogP contribution is -2.35. The first kappa shape index (κ1) is 13.1. The number of fused-ring (bicyclic) bond motifs is 1. The molecule has 0 saturated heterocycles. The first-order valence-corrected chi connectivity index (χ1v) is 6.79. The predicted molar refractivity (Wildman–Crippen MR) is 72.8 cm³/mol. The Morgan fingerprint density at radius 3 is 3.06 bits per heavy atom. The van der Waals surface area contributed by atoms with E-state index < -0.39 is 5.97 Å². The summed E-state index contributed by atoms with van der Waals surface area (Å²) in [7, 11) is 1.64. The molecule has 1 heterocycles. The number of aliphatic carboxylic acids is 1. The molecule has 5 heteroatoms. The molecule has 0 bridgehead atoms. The number of nitrogens with zero attached hydrogens (tertiary/aromatic N) is 1. The van der Waals surface area contributed by atoms with Crippen molar-refractivity contribution in [1.82, 2.24) is 0 Å². The second-order valence-electron chi connectivity index (χ2n) is 4.35. The second kappa shape index (κ2) is 5.52. The number of thioether (sulfide) groups is 1. The molecule has 0 spiro atoms. The zero-order valence-electron chi connectivity index (χ0n) is 10.5. The Balaban J connectivity index is 2.24. The summed E-state index contributed by atoms with van der Waals surface area (Å²) in [6.45, 7) is 3.57. The Morgan fingerprint density at radius 2 is 2.39 bits per heavy atom. The van der Waals surface area contributed by atoms with Gasteiger partial charge in [-0.2, -0.15) is 0 Å². The number of anilines is 1. The summed E-state index contributed by atoms with van der Waals surface area (Å²) in [5.74, 6) is 0.0505. The Kier molecular flexibility index (Phi) is 4.01. The fourth-order valence-electron chi connectivity index (χ4n) is 2.08. The van der Waals surface area contributed by atoms with Crippen molar-refractivity contribution in [3.05, 3.63) is 18.2 Å². The Labute approximate surface area is 111 Å². The van der Waals surface area contributed by atoms with Gasteiger partial charge >= 0.3 is 5.97 Å². The van der Waals surface area contributed by atoms with Gasteiger partial charge in [0.15, 0.2) is 0 Å². The number of carboxylic acids is 1. The summed E-state index contributed by atoms with van der Waals surface area (Å²) in [6.07, 6.45) is 0.161. The van der Waals surface area contributed by atoms with Gasteiger partial charge in [0.05, 0.1) is 19.2 Å². The van der Waals surface area contributed by atoms with Crippen molar-refractivity contribution < 1.29 is 14.6 Å². The zero-order valence-corrected chi connectivity index (χ0v) is 11.4. The SMILES string of the molecule is COc1ccc2c(c1)N(CCC(=O)O)CC(C)S2. The maximum absolute atomic E-state index is 10.7. The van der Waals surface area contributed by atoms with Gasteiger partial charge in [-0.3, -0.25) is 4.79 Å². The number of carbonyl (C=O) groups is 1. The highest BCUT2D eigenvalue weighted by atomic mass is 32.2. The summed E-state index contributed by atoms with van der Waals surface area (Å²) in [6, 6.07) is 5.97. The van der Waals surface area contributed by atoms with Crippen LogP contribution in [0.25, 0.3) is 0 Å². The van der Waals surface area contributed by atoms with Gasteiger partial charge in [-0.15, -0.1) is 11.8 Å². The van der Waals surface area contributed by atoms with Gasteiger partial charge < -0.3 is 14.7 Å². The van der Waals surface area contributed by atoms with Gasteiger partial charge in [0.25, 0.3) is 0 Å². The van der Waals surface area contributed by atoms with Crippen molar-refractivity contribution in [3.8, 4) is 5.75 Å². The van der Waals surface area contributed by atoms with Crippen LogP contribution in [-0.2, 0) is 4.79 Å². The van der Waals surface area contributed by atoms with E-state index >= 15 is 0 Å². The molecule has 1 aromatic carbocycles. The molecule has 1 aliphatic heterocycles. The lowest BCUT2D eigenvalue weighted by atomic mass is 10.2. The normalized spacial score (nSPS) is 18.3. The molecular weight excluding hydrogens is 250 g/mol. The van der Waals surface area contributed by atoms with Gasteiger partial charge in [-0.05, 0) is 12.1 Å². The molecule has 1 atom stereocenters. The summed E-state index contributed by atoms with van der Waals surface area (Å²) in [4.78, 5) is 14.0. The molecule has 4 nitrogen and oxygen atoms in total. The average Bonchev–Trinajstić information content (AvgIpc) is 2.35. The molecule has 0 radical (unpaired) electrons. The lowest BCUT2D eigenvalue weighted by Gasteiger charge is -2.34. The van der Waals surface area contributed by atoms with Gasteiger partial charge in [-0.1, -0.05) is 6.92 Å². The fraction of sp³-hybridized carbons (Fsp3) is 0.462. The van der Waals surface area contributed by atoms with Crippen LogP contribution in [0.1, 0.15) is 13.3 Å². The molecule has 1 N–H and O–H groups in total. The molecule has 1 aromatic rings. The van der Waals surface area contributed by atoms with E-state index in [1.807, 2.05) is 30.0 Å². The first-order chi connectivity index (χ1) is 8.60. The highest BCUT2D eigenvalue weighted by Crippen LogP contribution is 2.40. The van der Waals surface area contributed by atoms with Crippen molar-refractivity contribution in [1.29, 1.82) is 0 Å². The zero-order chi connectivity index (χ0) is 13.1. The quantitative estimate of drug-likeness (QED) is 0.908. The predicted octanol–water partition coefficient (Wildman–Crippen LogP) is 2.47. The molecule has 0 aromatic heterocycles. The molecule has 98 valence electrons. The van der Waals surface area contributed by atoms with E-state index in [2.05, 4.69) is 11.8 Å². The Bertz CT molecular complexity index is 450. The van der Waals surface area contributed by atoms with E-state index in [0.717, 1.165) is 18.0 Å². The van der Waals surface area contributed by atoms with Gasteiger partial charge in [0, 0.05) is 29.3 Å². The monoisotopic (exact) mass is 267 g/mol. The van der Waals surface area contributed by atoms with Crippen molar-refractivity contribution in [2.24, 2.45) is 0 Å². The first-order valence-electron chi connectivity index (χ1n) is 5.91. The smallest absolute Gasteiger partial charge is 0.305 e. The summed E-state index contributed by atoms with van der Waals surface area (Å²) in [5.41, 5.74) is 1.08. The highest BCUT2D eigenvalue weighted by Gasteiger charge is 2.23. The highest BCUT2D eigenvalue weighted by molar-refractivity contribution is 8.00. The van der Waals surface area contributed by atoms with Crippen molar-refractivity contribution >= 4 is 23.4 Å². The van der Waals surface area contributed by atoms with Crippen LogP contribution in [0.5, 0.6) is 5.75 Å². The van der Waals surface area contributed by atoms with Crippen LogP contribution in [0.15, 0.2) is 23.1 Å². The Hall–Kier alpha value is -1.36. The fourth-order valence-corrected chi connectivity index (χ4v) is 3.22. The number of methoxy groups -OCH3 is 1. The van der Waals surface area contributed by atoms with E-state index in [1.54, 1.807) is 7.11 Å². The van der Waals surface area contributed by atoms with Gasteiger partial charge in [0.1, 0.15) is 5.75 Å². The summed E-state index contributed by atoms with van der Waals surface area (Å²) < 4.78 is 5.23. The molecular formula is C13H17NO3S. The molecule has 0 aliphatic carbocycles. The van der Waals surface area contributed by atoms with Crippen molar-refractivity contribution in [2.75, 3.05) is 25.1 Å². The molecule has 2 rings (SSSR count). The van der Waals surface area contributed by atoms with Crippen molar-refractivity contribution in [3.63, 3.8) is 0 Å². The van der Waals surface area contributed by atoms with Crippen LogP contribution in [0.4, 0.5) is 5.69 Å². The van der Waals surface area contributed by atoms with Gasteiger partial charge in [-0.25, -0.2) is 0 Å². The molecule has 18 heavy (non-hydrogen) atoms. The number of hydrogen-bond acceptors (Lipinski definition) is 4. The van der Waals surface area contributed by atoms with E-state index in [-0.39, 0.29) is 6.42 Å². The lowest BCUT2D eigenvalue weighted by molar-refractivity contribution is -0.136. The third-order valence-electron chi connectivity index (χ3n) is 2.91. The minimum Gasteiger partial charge on any atom is -0.497 e. The standard InChI is InChI=1S/C13H17NO3S/c1-9-8-14(6-5-13(15)16)11-7-10(17-2)3-4-12(11)18-9/h3-4,7,9H,5-6,8H2,1-2H3,(H,15,16). The van der Waals surface area contributed by atoms with E-state index in [0.29, 0.717) is 11.8 Å². The third-order valence-corrected chi connectivity index (χ3v) is 4.06. The van der Waals surface area contributed by atoms with Crippen LogP contribution in [-0.4, -0.2) is 36.5 Å². The number of hydrogen-bond donors (Lipinski definition) is 1. The number of rotatable bonds is 4. The van der Waals surface area contributed by atoms with E-state index in [9.17, 15) is 4.79 Å². The maximum atomic E-state index is 10.7. The molecule has 0 saturated carbocycles. The molecule has 1 unspecified atom stereocenters. The molecule has 1 aliphatic rings.